The molecule has 1 aromatic heterocycles. The zero-order chi connectivity index (χ0) is 15.9. The van der Waals surface area contributed by atoms with Gasteiger partial charge in [0.2, 0.25) is 10.0 Å². The number of sulfonamides is 1. The summed E-state index contributed by atoms with van der Waals surface area (Å²) in [6, 6.07) is 4.53. The van der Waals surface area contributed by atoms with E-state index in [1.807, 2.05) is 0 Å². The van der Waals surface area contributed by atoms with Gasteiger partial charge < -0.3 is 9.73 Å². The molecule has 1 aliphatic heterocycles. The zero-order valence-electron chi connectivity index (χ0n) is 12.6. The Kier molecular flexibility index (Phi) is 3.84. The molecule has 0 amide bonds. The van der Waals surface area contributed by atoms with E-state index in [-0.39, 0.29) is 16.5 Å². The minimum Gasteiger partial charge on any atom is -0.408 e. The summed E-state index contributed by atoms with van der Waals surface area (Å²) in [5, 5.41) is 3.22. The lowest BCUT2D eigenvalue weighted by atomic mass is 10.1. The minimum atomic E-state index is -3.60. The maximum atomic E-state index is 12.7. The summed E-state index contributed by atoms with van der Waals surface area (Å²) in [5.74, 6) is -0.503. The van der Waals surface area contributed by atoms with E-state index < -0.39 is 15.8 Å². The highest BCUT2D eigenvalue weighted by Crippen LogP contribution is 2.23. The molecule has 0 atom stereocenters. The summed E-state index contributed by atoms with van der Waals surface area (Å²) in [6.45, 7) is 1.63. The lowest BCUT2D eigenvalue weighted by molar-refractivity contribution is 0.296. The molecule has 1 saturated heterocycles. The average Bonchev–Trinajstić information content (AvgIpc) is 2.81. The molecule has 1 N–H and O–H groups in total. The Balaban J connectivity index is 1.99. The Labute approximate surface area is 128 Å². The smallest absolute Gasteiger partial charge is 0.408 e. The number of rotatable bonds is 3. The number of benzene rings is 1. The molecular formula is C14H19N3O4S. The van der Waals surface area contributed by atoms with Crippen LogP contribution < -0.4 is 11.1 Å². The van der Waals surface area contributed by atoms with E-state index in [1.165, 1.54) is 21.0 Å². The van der Waals surface area contributed by atoms with E-state index in [2.05, 4.69) is 5.32 Å². The van der Waals surface area contributed by atoms with E-state index in [0.717, 1.165) is 25.9 Å². The molecule has 1 aliphatic rings. The van der Waals surface area contributed by atoms with Gasteiger partial charge in [0, 0.05) is 26.2 Å². The Morgan fingerprint density at radius 3 is 2.68 bits per heavy atom. The van der Waals surface area contributed by atoms with Crippen molar-refractivity contribution in [3.8, 4) is 0 Å². The molecule has 0 aliphatic carbocycles. The van der Waals surface area contributed by atoms with Crippen molar-refractivity contribution in [1.29, 1.82) is 0 Å². The highest BCUT2D eigenvalue weighted by atomic mass is 32.2. The molecule has 0 spiro atoms. The van der Waals surface area contributed by atoms with Gasteiger partial charge in [0.15, 0.2) is 5.58 Å². The molecule has 2 aromatic rings. The van der Waals surface area contributed by atoms with Crippen LogP contribution in [0, 0.1) is 0 Å². The van der Waals surface area contributed by atoms with E-state index in [4.69, 9.17) is 4.42 Å². The van der Waals surface area contributed by atoms with E-state index in [9.17, 15) is 13.2 Å². The van der Waals surface area contributed by atoms with Crippen LogP contribution in [0.3, 0.4) is 0 Å². The highest BCUT2D eigenvalue weighted by molar-refractivity contribution is 7.89. The summed E-state index contributed by atoms with van der Waals surface area (Å²) in [5.41, 5.74) is 0.862. The Bertz CT molecular complexity index is 847. The van der Waals surface area contributed by atoms with Crippen LogP contribution in [0.4, 0.5) is 0 Å². The number of nitrogens with one attached hydrogen (secondary N) is 1. The fraction of sp³-hybridized carbons (Fsp3) is 0.500. The quantitative estimate of drug-likeness (QED) is 0.888. The van der Waals surface area contributed by atoms with Gasteiger partial charge in [-0.05, 0) is 38.1 Å². The summed E-state index contributed by atoms with van der Waals surface area (Å²) >= 11 is 0. The first-order valence-electron chi connectivity index (χ1n) is 7.19. The molecule has 0 bridgehead atoms. The van der Waals surface area contributed by atoms with E-state index in [1.54, 1.807) is 20.2 Å². The molecule has 8 heteroatoms. The van der Waals surface area contributed by atoms with Gasteiger partial charge in [0.25, 0.3) is 0 Å². The lowest BCUT2D eigenvalue weighted by Crippen LogP contribution is -2.43. The average molecular weight is 325 g/mol. The van der Waals surface area contributed by atoms with Crippen LogP contribution in [0.2, 0.25) is 0 Å². The topological polar surface area (TPSA) is 84.6 Å². The van der Waals surface area contributed by atoms with Gasteiger partial charge in [0.05, 0.1) is 10.4 Å². The molecule has 1 fully saturated rings. The minimum absolute atomic E-state index is 0.00951. The molecule has 3 rings (SSSR count). The van der Waals surface area contributed by atoms with Crippen LogP contribution >= 0.6 is 0 Å². The third kappa shape index (κ3) is 2.47. The van der Waals surface area contributed by atoms with Gasteiger partial charge in [-0.2, -0.15) is 4.31 Å². The first-order chi connectivity index (χ1) is 10.4. The number of hydrogen-bond acceptors (Lipinski definition) is 5. The van der Waals surface area contributed by atoms with Crippen LogP contribution in [0.25, 0.3) is 11.1 Å². The third-order valence-electron chi connectivity index (χ3n) is 4.26. The van der Waals surface area contributed by atoms with Crippen LogP contribution in [0.15, 0.2) is 32.3 Å². The van der Waals surface area contributed by atoms with Crippen molar-refractivity contribution in [1.82, 2.24) is 14.2 Å². The third-order valence-corrected chi connectivity index (χ3v) is 6.17. The summed E-state index contributed by atoms with van der Waals surface area (Å²) < 4.78 is 33.3. The maximum absolute atomic E-state index is 12.7. The SMILES string of the molecule is CN(C1CCNCC1)S(=O)(=O)c1ccc2c(c1)oc(=O)n2C. The largest absolute Gasteiger partial charge is 0.419 e. The predicted octanol–water partition coefficient (Wildman–Crippen LogP) is 0.504. The number of fused-ring (bicyclic) bond motifs is 1. The van der Waals surface area contributed by atoms with Crippen LogP contribution in [0.5, 0.6) is 0 Å². The Hall–Kier alpha value is -1.64. The number of piperidine rings is 1. The fourth-order valence-corrected chi connectivity index (χ4v) is 4.24. The number of oxazole rings is 1. The fourth-order valence-electron chi connectivity index (χ4n) is 2.81. The number of nitrogens with zero attached hydrogens (tertiary/aromatic N) is 2. The molecule has 120 valence electrons. The van der Waals surface area contributed by atoms with Gasteiger partial charge in [0.1, 0.15) is 0 Å². The number of aryl methyl sites for hydroxylation is 1. The second-order valence-electron chi connectivity index (χ2n) is 5.56. The van der Waals surface area contributed by atoms with Crippen molar-refractivity contribution in [3.05, 3.63) is 28.7 Å². The molecule has 7 nitrogen and oxygen atoms in total. The number of hydrogen-bond donors (Lipinski definition) is 1. The first kappa shape index (κ1) is 15.3. The van der Waals surface area contributed by atoms with Gasteiger partial charge in [-0.3, -0.25) is 4.57 Å². The second kappa shape index (κ2) is 5.53. The van der Waals surface area contributed by atoms with Crippen molar-refractivity contribution in [2.24, 2.45) is 7.05 Å². The van der Waals surface area contributed by atoms with Crippen molar-refractivity contribution in [2.45, 2.75) is 23.8 Å². The normalized spacial score (nSPS) is 17.4. The molecule has 0 unspecified atom stereocenters. The molecule has 0 radical (unpaired) electrons. The summed E-state index contributed by atoms with van der Waals surface area (Å²) in [4.78, 5) is 11.7. The van der Waals surface area contributed by atoms with E-state index in [0.29, 0.717) is 5.52 Å². The van der Waals surface area contributed by atoms with Gasteiger partial charge in [-0.25, -0.2) is 13.2 Å². The van der Waals surface area contributed by atoms with Crippen LogP contribution in [-0.2, 0) is 17.1 Å². The molecular weight excluding hydrogens is 306 g/mol. The van der Waals surface area contributed by atoms with Gasteiger partial charge >= 0.3 is 5.76 Å². The van der Waals surface area contributed by atoms with Crippen LogP contribution in [-0.4, -0.2) is 43.5 Å². The monoisotopic (exact) mass is 325 g/mol. The number of aromatic nitrogens is 1. The standard InChI is InChI=1S/C14H19N3O4S/c1-16-12-4-3-11(9-13(12)21-14(16)18)22(19,20)17(2)10-5-7-15-8-6-10/h3-4,9-10,15H,5-8H2,1-2H3. The molecule has 2 heterocycles. The van der Waals surface area contributed by atoms with Crippen molar-refractivity contribution >= 4 is 21.1 Å². The summed E-state index contributed by atoms with van der Waals surface area (Å²) in [7, 11) is -0.405. The van der Waals surface area contributed by atoms with Crippen molar-refractivity contribution in [3.63, 3.8) is 0 Å². The Morgan fingerprint density at radius 2 is 2.00 bits per heavy atom. The van der Waals surface area contributed by atoms with Gasteiger partial charge in [-0.1, -0.05) is 0 Å². The second-order valence-corrected chi connectivity index (χ2v) is 7.56. The molecule has 0 saturated carbocycles. The van der Waals surface area contributed by atoms with Crippen molar-refractivity contribution < 1.29 is 12.8 Å². The summed E-state index contributed by atoms with van der Waals surface area (Å²) in [6.07, 6.45) is 1.58. The van der Waals surface area contributed by atoms with Crippen LogP contribution in [0.1, 0.15) is 12.8 Å². The van der Waals surface area contributed by atoms with E-state index >= 15 is 0 Å². The maximum Gasteiger partial charge on any atom is 0.419 e. The zero-order valence-corrected chi connectivity index (χ0v) is 13.4. The predicted molar refractivity (Wildman–Crippen MR) is 82.3 cm³/mol. The lowest BCUT2D eigenvalue weighted by Gasteiger charge is -2.30. The highest BCUT2D eigenvalue weighted by Gasteiger charge is 2.29. The Morgan fingerprint density at radius 1 is 1.32 bits per heavy atom. The molecule has 22 heavy (non-hydrogen) atoms. The first-order valence-corrected chi connectivity index (χ1v) is 8.63. The van der Waals surface area contributed by atoms with Crippen molar-refractivity contribution in [2.75, 3.05) is 20.1 Å². The molecule has 1 aromatic carbocycles. The van der Waals surface area contributed by atoms with Gasteiger partial charge in [-0.15, -0.1) is 0 Å².